The number of imide groups is 1. The van der Waals surface area contributed by atoms with Crippen LogP contribution < -0.4 is 20.9 Å². The first-order valence-electron chi connectivity index (χ1n) is 13.0. The molecule has 1 spiro atoms. The van der Waals surface area contributed by atoms with Crippen LogP contribution >= 0.6 is 11.6 Å². The Morgan fingerprint density at radius 1 is 1.02 bits per heavy atom. The van der Waals surface area contributed by atoms with Crippen molar-refractivity contribution in [3.63, 3.8) is 0 Å². The number of carbonyl (C=O) groups excluding carboxylic acids is 4. The number of carbonyl (C=O) groups is 4. The number of halogens is 1. The molecule has 4 amide bonds. The van der Waals surface area contributed by atoms with Gasteiger partial charge in [0.2, 0.25) is 23.6 Å². The van der Waals surface area contributed by atoms with Crippen LogP contribution in [0.1, 0.15) is 18.1 Å². The molecule has 0 aliphatic carbocycles. The normalized spacial score (nSPS) is 25.0. The van der Waals surface area contributed by atoms with Crippen LogP contribution in [0.3, 0.4) is 0 Å². The average Bonchev–Trinajstić information content (AvgIpc) is 3.64. The molecule has 0 unspecified atom stereocenters. The quantitative estimate of drug-likeness (QED) is 0.285. The van der Waals surface area contributed by atoms with Crippen LogP contribution in [0.25, 0.3) is 10.9 Å². The first kappa shape index (κ1) is 24.6. The minimum Gasteiger partial charge on any atom is -0.361 e. The molecular formula is C30H24ClN5O4. The zero-order valence-electron chi connectivity index (χ0n) is 21.3. The second-order valence-electron chi connectivity index (χ2n) is 10.5. The number of anilines is 3. The summed E-state index contributed by atoms with van der Waals surface area (Å²) in [5, 5.41) is 10.5. The van der Waals surface area contributed by atoms with Gasteiger partial charge < -0.3 is 15.6 Å². The van der Waals surface area contributed by atoms with Gasteiger partial charge in [0.1, 0.15) is 5.54 Å². The van der Waals surface area contributed by atoms with E-state index in [2.05, 4.69) is 20.9 Å². The Labute approximate surface area is 233 Å². The van der Waals surface area contributed by atoms with Crippen molar-refractivity contribution in [1.29, 1.82) is 0 Å². The summed E-state index contributed by atoms with van der Waals surface area (Å²) in [6.07, 6.45) is 2.33. The van der Waals surface area contributed by atoms with E-state index >= 15 is 0 Å². The first-order chi connectivity index (χ1) is 19.3. The highest BCUT2D eigenvalue weighted by Gasteiger charge is 2.70. The van der Waals surface area contributed by atoms with Gasteiger partial charge in [0.15, 0.2) is 0 Å². The van der Waals surface area contributed by atoms with Crippen LogP contribution in [-0.4, -0.2) is 34.7 Å². The van der Waals surface area contributed by atoms with Gasteiger partial charge in [-0.2, -0.15) is 0 Å². The Balaban J connectivity index is 1.34. The largest absolute Gasteiger partial charge is 0.361 e. The highest BCUT2D eigenvalue weighted by Crippen LogP contribution is 2.54. The lowest BCUT2D eigenvalue weighted by molar-refractivity contribution is -0.130. The fraction of sp³-hybridized carbons (Fsp3) is 0.200. The monoisotopic (exact) mass is 553 g/mol. The van der Waals surface area contributed by atoms with Gasteiger partial charge in [0.25, 0.3) is 0 Å². The zero-order chi connectivity index (χ0) is 27.8. The van der Waals surface area contributed by atoms with E-state index < -0.39 is 29.3 Å². The van der Waals surface area contributed by atoms with Crippen molar-refractivity contribution in [1.82, 2.24) is 10.3 Å². The number of fused-ring (bicyclic) bond motifs is 5. The number of hydrogen-bond donors (Lipinski definition) is 4. The molecule has 4 aromatic rings. The summed E-state index contributed by atoms with van der Waals surface area (Å²) >= 11 is 6.37. The van der Waals surface area contributed by atoms with E-state index in [1.165, 1.54) is 11.8 Å². The van der Waals surface area contributed by atoms with Crippen molar-refractivity contribution in [2.75, 3.05) is 15.5 Å². The topological polar surface area (TPSA) is 123 Å². The lowest BCUT2D eigenvalue weighted by atomic mass is 9.76. The van der Waals surface area contributed by atoms with Crippen LogP contribution in [0.15, 0.2) is 72.9 Å². The van der Waals surface area contributed by atoms with E-state index in [0.29, 0.717) is 34.1 Å². The van der Waals surface area contributed by atoms with E-state index in [9.17, 15) is 19.2 Å². The Bertz CT molecular complexity index is 1750. The molecule has 0 radical (unpaired) electrons. The number of benzene rings is 3. The molecule has 200 valence electrons. The summed E-state index contributed by atoms with van der Waals surface area (Å²) in [5.41, 5.74) is 2.53. The molecular weight excluding hydrogens is 530 g/mol. The minimum absolute atomic E-state index is 0.228. The van der Waals surface area contributed by atoms with E-state index in [0.717, 1.165) is 16.5 Å². The third-order valence-corrected chi connectivity index (χ3v) is 8.47. The van der Waals surface area contributed by atoms with Crippen LogP contribution in [0, 0.1) is 11.8 Å². The number of nitrogens with one attached hydrogen (secondary N) is 4. The molecule has 0 saturated carbocycles. The second kappa shape index (κ2) is 8.77. The lowest BCUT2D eigenvalue weighted by Crippen LogP contribution is -2.53. The maximum absolute atomic E-state index is 14.2. The molecule has 0 bridgehead atoms. The molecule has 4 N–H and O–H groups in total. The summed E-state index contributed by atoms with van der Waals surface area (Å²) in [5.74, 6) is -3.23. The molecule has 3 aliphatic rings. The Kier molecular flexibility index (Phi) is 5.39. The van der Waals surface area contributed by atoms with Crippen LogP contribution in [0.5, 0.6) is 0 Å². The van der Waals surface area contributed by atoms with Gasteiger partial charge in [-0.25, -0.2) is 4.90 Å². The number of rotatable bonds is 4. The number of aromatic amines is 1. The number of nitrogens with zero attached hydrogens (tertiary/aromatic N) is 1. The number of amides is 4. The van der Waals surface area contributed by atoms with Gasteiger partial charge in [-0.05, 0) is 60.5 Å². The summed E-state index contributed by atoms with van der Waals surface area (Å²) in [6, 6.07) is 19.0. The van der Waals surface area contributed by atoms with E-state index in [1.54, 1.807) is 42.5 Å². The number of H-pyrrole nitrogens is 1. The third-order valence-electron chi connectivity index (χ3n) is 8.24. The maximum atomic E-state index is 14.2. The summed E-state index contributed by atoms with van der Waals surface area (Å²) in [4.78, 5) is 58.0. The fourth-order valence-electron chi connectivity index (χ4n) is 6.64. The zero-order valence-corrected chi connectivity index (χ0v) is 22.1. The SMILES string of the molecule is CC(=O)Nc1ccc(N2C(=O)[C@@H]3[C@H](Cc4c[nH]c5ccccc45)N[C@]4(C(=O)Nc5ccc(Cl)cc54)[C@@H]3C2=O)cc1. The van der Waals surface area contributed by atoms with Crippen molar-refractivity contribution in [2.24, 2.45) is 11.8 Å². The second-order valence-corrected chi connectivity index (χ2v) is 10.9. The van der Waals surface area contributed by atoms with E-state index in [1.807, 2.05) is 30.5 Å². The molecule has 40 heavy (non-hydrogen) atoms. The van der Waals surface area contributed by atoms with Crippen LogP contribution in [-0.2, 0) is 31.1 Å². The molecule has 4 heterocycles. The fourth-order valence-corrected chi connectivity index (χ4v) is 6.81. The lowest BCUT2D eigenvalue weighted by Gasteiger charge is -2.29. The van der Waals surface area contributed by atoms with Crippen molar-refractivity contribution in [2.45, 2.75) is 24.9 Å². The molecule has 3 aromatic carbocycles. The number of aromatic nitrogens is 1. The van der Waals surface area contributed by atoms with Crippen molar-refractivity contribution in [3.05, 3.63) is 89.1 Å². The number of para-hydroxylation sites is 1. The van der Waals surface area contributed by atoms with Gasteiger partial charge in [0.05, 0.1) is 17.5 Å². The molecule has 3 aliphatic heterocycles. The first-order valence-corrected chi connectivity index (χ1v) is 13.4. The molecule has 2 saturated heterocycles. The molecule has 7 rings (SSSR count). The smallest absolute Gasteiger partial charge is 0.250 e. The summed E-state index contributed by atoms with van der Waals surface area (Å²) in [6.45, 7) is 1.40. The highest BCUT2D eigenvalue weighted by atomic mass is 35.5. The maximum Gasteiger partial charge on any atom is 0.250 e. The van der Waals surface area contributed by atoms with Gasteiger partial charge in [-0.1, -0.05) is 29.8 Å². The van der Waals surface area contributed by atoms with Crippen molar-refractivity contribution >= 4 is 63.2 Å². The standard InChI is InChI=1S/C30H24ClN5O4/c1-15(37)33-18-7-9-19(10-8-18)36-27(38)25-24(12-16-14-32-22-5-3-2-4-20(16)22)35-30(26(25)28(36)39)21-13-17(31)6-11-23(21)34-29(30)40/h2-11,13-14,24-26,32,35H,12H2,1H3,(H,33,37)(H,34,40)/t24-,25+,26-,30-/m0/s1. The highest BCUT2D eigenvalue weighted by molar-refractivity contribution is 6.31. The Hall–Kier alpha value is -4.47. The van der Waals surface area contributed by atoms with Gasteiger partial charge in [-0.3, -0.25) is 24.5 Å². The molecule has 4 atom stereocenters. The predicted molar refractivity (Wildman–Crippen MR) is 151 cm³/mol. The van der Waals surface area contributed by atoms with E-state index in [4.69, 9.17) is 11.6 Å². The van der Waals surface area contributed by atoms with E-state index in [-0.39, 0.29) is 17.7 Å². The molecule has 2 fully saturated rings. The van der Waals surface area contributed by atoms with Gasteiger partial charge in [0, 0.05) is 52.0 Å². The van der Waals surface area contributed by atoms with Crippen LogP contribution in [0.2, 0.25) is 5.02 Å². The van der Waals surface area contributed by atoms with Crippen molar-refractivity contribution < 1.29 is 19.2 Å². The molecule has 1 aromatic heterocycles. The third kappa shape index (κ3) is 3.44. The molecule has 9 nitrogen and oxygen atoms in total. The van der Waals surface area contributed by atoms with Gasteiger partial charge >= 0.3 is 0 Å². The van der Waals surface area contributed by atoms with Crippen molar-refractivity contribution in [3.8, 4) is 0 Å². The minimum atomic E-state index is -1.46. The average molecular weight is 554 g/mol. The summed E-state index contributed by atoms with van der Waals surface area (Å²) < 4.78 is 0. The number of hydrogen-bond acceptors (Lipinski definition) is 5. The molecule has 10 heteroatoms. The van der Waals surface area contributed by atoms with Crippen LogP contribution in [0.4, 0.5) is 17.1 Å². The Morgan fingerprint density at radius 2 is 1.80 bits per heavy atom. The summed E-state index contributed by atoms with van der Waals surface area (Å²) in [7, 11) is 0. The van der Waals surface area contributed by atoms with Gasteiger partial charge in [-0.15, -0.1) is 0 Å². The predicted octanol–water partition coefficient (Wildman–Crippen LogP) is 3.95. The Morgan fingerprint density at radius 3 is 2.58 bits per heavy atom.